The van der Waals surface area contributed by atoms with E-state index in [4.69, 9.17) is 5.11 Å². The van der Waals surface area contributed by atoms with Crippen molar-refractivity contribution in [2.45, 2.75) is 25.3 Å². The molecule has 0 bridgehead atoms. The Balaban J connectivity index is 2.56. The SMILES string of the molecule is CNC(CCCCNc1ccc([N+](=O)[O-])cc1[N+](=O)[O-])C(=O)O. The fourth-order valence-electron chi connectivity index (χ4n) is 2.02. The van der Waals surface area contributed by atoms with Crippen LogP contribution in [0.2, 0.25) is 0 Å². The van der Waals surface area contributed by atoms with Crippen molar-refractivity contribution < 1.29 is 19.7 Å². The summed E-state index contributed by atoms with van der Waals surface area (Å²) in [6.07, 6.45) is 1.67. The van der Waals surface area contributed by atoms with Gasteiger partial charge in [0.15, 0.2) is 0 Å². The van der Waals surface area contributed by atoms with Gasteiger partial charge >= 0.3 is 5.97 Å². The number of benzene rings is 1. The van der Waals surface area contributed by atoms with Gasteiger partial charge in [-0.1, -0.05) is 0 Å². The first kappa shape index (κ1) is 18.3. The van der Waals surface area contributed by atoms with Crippen molar-refractivity contribution in [3.63, 3.8) is 0 Å². The molecule has 1 rings (SSSR count). The standard InChI is InChI=1S/C13H18N4O6/c1-14-11(13(18)19)4-2-3-7-15-10-6-5-9(16(20)21)8-12(10)17(22)23/h5-6,8,11,14-15H,2-4,7H2,1H3,(H,18,19). The molecule has 0 amide bonds. The van der Waals surface area contributed by atoms with Crippen LogP contribution in [0.25, 0.3) is 0 Å². The number of non-ortho nitro benzene ring substituents is 1. The van der Waals surface area contributed by atoms with Crippen molar-refractivity contribution in [1.82, 2.24) is 5.32 Å². The first-order chi connectivity index (χ1) is 10.9. The molecule has 0 heterocycles. The predicted octanol–water partition coefficient (Wildman–Crippen LogP) is 1.76. The molecule has 1 aromatic carbocycles. The number of nitro groups is 2. The number of aliphatic carboxylic acids is 1. The van der Waals surface area contributed by atoms with Crippen molar-refractivity contribution in [3.8, 4) is 0 Å². The van der Waals surface area contributed by atoms with E-state index in [1.807, 2.05) is 0 Å². The number of likely N-dealkylation sites (N-methyl/N-ethyl adjacent to an activating group) is 1. The Morgan fingerprint density at radius 3 is 2.48 bits per heavy atom. The molecule has 0 saturated carbocycles. The van der Waals surface area contributed by atoms with E-state index in [0.29, 0.717) is 25.8 Å². The summed E-state index contributed by atoms with van der Waals surface area (Å²) in [6, 6.07) is 2.77. The average Bonchev–Trinajstić information content (AvgIpc) is 2.50. The molecule has 10 nitrogen and oxygen atoms in total. The molecule has 1 atom stereocenters. The number of hydrogen-bond donors (Lipinski definition) is 3. The minimum absolute atomic E-state index is 0.198. The molecule has 0 fully saturated rings. The first-order valence-corrected chi connectivity index (χ1v) is 6.93. The molecule has 0 radical (unpaired) electrons. The van der Waals surface area contributed by atoms with Gasteiger partial charge in [0.05, 0.1) is 15.9 Å². The summed E-state index contributed by atoms with van der Waals surface area (Å²) in [5.41, 5.74) is -0.512. The highest BCUT2D eigenvalue weighted by molar-refractivity contribution is 5.73. The van der Waals surface area contributed by atoms with Crippen molar-refractivity contribution >= 4 is 23.0 Å². The first-order valence-electron chi connectivity index (χ1n) is 6.93. The number of hydrogen-bond acceptors (Lipinski definition) is 7. The quantitative estimate of drug-likeness (QED) is 0.334. The van der Waals surface area contributed by atoms with Gasteiger partial charge in [-0.25, -0.2) is 0 Å². The summed E-state index contributed by atoms with van der Waals surface area (Å²) in [6.45, 7) is 0.398. The number of anilines is 1. The lowest BCUT2D eigenvalue weighted by atomic mass is 10.1. The number of carbonyl (C=O) groups is 1. The zero-order chi connectivity index (χ0) is 17.4. The minimum Gasteiger partial charge on any atom is -0.480 e. The van der Waals surface area contributed by atoms with Crippen LogP contribution in [0.3, 0.4) is 0 Å². The van der Waals surface area contributed by atoms with E-state index in [1.165, 1.54) is 12.1 Å². The topological polar surface area (TPSA) is 148 Å². The van der Waals surface area contributed by atoms with Gasteiger partial charge in [0.25, 0.3) is 11.4 Å². The molecule has 1 unspecified atom stereocenters. The summed E-state index contributed by atoms with van der Waals surface area (Å²) in [7, 11) is 1.57. The number of carboxylic acids is 1. The second kappa shape index (κ2) is 8.63. The van der Waals surface area contributed by atoms with Gasteiger partial charge in [0.1, 0.15) is 11.7 Å². The lowest BCUT2D eigenvalue weighted by molar-refractivity contribution is -0.393. The van der Waals surface area contributed by atoms with Crippen molar-refractivity contribution in [1.29, 1.82) is 0 Å². The summed E-state index contributed by atoms with van der Waals surface area (Å²) >= 11 is 0. The van der Waals surface area contributed by atoms with Gasteiger partial charge in [-0.05, 0) is 32.4 Å². The molecule has 0 spiro atoms. The summed E-state index contributed by atoms with van der Waals surface area (Å²) in [5.74, 6) is -0.925. The lowest BCUT2D eigenvalue weighted by Crippen LogP contribution is -2.33. The highest BCUT2D eigenvalue weighted by atomic mass is 16.6. The molecule has 0 aliphatic heterocycles. The van der Waals surface area contributed by atoms with Crippen LogP contribution in [0.15, 0.2) is 18.2 Å². The van der Waals surface area contributed by atoms with Crippen molar-refractivity contribution in [3.05, 3.63) is 38.4 Å². The predicted molar refractivity (Wildman–Crippen MR) is 82.6 cm³/mol. The van der Waals surface area contributed by atoms with Crippen LogP contribution in [-0.2, 0) is 4.79 Å². The molecule has 0 saturated heterocycles. The molecule has 0 aliphatic carbocycles. The summed E-state index contributed by atoms with van der Waals surface area (Å²) in [4.78, 5) is 31.0. The second-order valence-electron chi connectivity index (χ2n) is 4.82. The maximum absolute atomic E-state index is 11.0. The number of nitrogens with one attached hydrogen (secondary N) is 2. The van der Waals surface area contributed by atoms with E-state index in [1.54, 1.807) is 7.05 Å². The molecule has 3 N–H and O–H groups in total. The molecule has 1 aromatic rings. The number of carboxylic acid groups (broad SMARTS) is 1. The van der Waals surface area contributed by atoms with E-state index >= 15 is 0 Å². The molecule has 0 aromatic heterocycles. The van der Waals surface area contributed by atoms with Crippen LogP contribution >= 0.6 is 0 Å². The van der Waals surface area contributed by atoms with E-state index in [-0.39, 0.29) is 17.1 Å². The van der Waals surface area contributed by atoms with Gasteiger partial charge in [-0.2, -0.15) is 0 Å². The van der Waals surface area contributed by atoms with Crippen LogP contribution < -0.4 is 10.6 Å². The number of rotatable bonds is 10. The largest absolute Gasteiger partial charge is 0.480 e. The third-order valence-electron chi connectivity index (χ3n) is 3.27. The zero-order valence-electron chi connectivity index (χ0n) is 12.5. The van der Waals surface area contributed by atoms with Crippen molar-refractivity contribution in [2.75, 3.05) is 18.9 Å². The van der Waals surface area contributed by atoms with E-state index in [9.17, 15) is 25.0 Å². The number of nitro benzene ring substituents is 2. The Hall–Kier alpha value is -2.75. The monoisotopic (exact) mass is 326 g/mol. The third-order valence-corrected chi connectivity index (χ3v) is 3.27. The van der Waals surface area contributed by atoms with E-state index in [2.05, 4.69) is 10.6 Å². The molecule has 23 heavy (non-hydrogen) atoms. The van der Waals surface area contributed by atoms with Crippen molar-refractivity contribution in [2.24, 2.45) is 0 Å². The average molecular weight is 326 g/mol. The molecule has 0 aliphatic rings. The fourth-order valence-corrected chi connectivity index (χ4v) is 2.02. The molecule has 10 heteroatoms. The normalized spacial score (nSPS) is 11.7. The Labute approximate surface area is 131 Å². The number of nitrogens with zero attached hydrogens (tertiary/aromatic N) is 2. The van der Waals surface area contributed by atoms with Crippen LogP contribution in [0, 0.1) is 20.2 Å². The van der Waals surface area contributed by atoms with Crippen LogP contribution in [-0.4, -0.2) is 40.6 Å². The Morgan fingerprint density at radius 1 is 1.26 bits per heavy atom. The Kier molecular flexibility index (Phi) is 6.87. The Bertz CT molecular complexity index is 592. The van der Waals surface area contributed by atoms with Gasteiger partial charge in [-0.3, -0.25) is 25.0 Å². The third kappa shape index (κ3) is 5.51. The molecular weight excluding hydrogens is 308 g/mol. The smallest absolute Gasteiger partial charge is 0.320 e. The second-order valence-corrected chi connectivity index (χ2v) is 4.82. The number of unbranched alkanes of at least 4 members (excludes halogenated alkanes) is 1. The van der Waals surface area contributed by atoms with Crippen LogP contribution in [0.1, 0.15) is 19.3 Å². The van der Waals surface area contributed by atoms with Crippen LogP contribution in [0.5, 0.6) is 0 Å². The van der Waals surface area contributed by atoms with E-state index < -0.39 is 21.9 Å². The van der Waals surface area contributed by atoms with Gasteiger partial charge < -0.3 is 15.7 Å². The minimum atomic E-state index is -0.925. The van der Waals surface area contributed by atoms with Crippen LogP contribution in [0.4, 0.5) is 17.1 Å². The summed E-state index contributed by atoms with van der Waals surface area (Å²) < 4.78 is 0. The van der Waals surface area contributed by atoms with Gasteiger partial charge in [0.2, 0.25) is 0 Å². The van der Waals surface area contributed by atoms with E-state index in [0.717, 1.165) is 6.07 Å². The van der Waals surface area contributed by atoms with Gasteiger partial charge in [0, 0.05) is 12.6 Å². The maximum atomic E-state index is 11.0. The van der Waals surface area contributed by atoms with Gasteiger partial charge in [-0.15, -0.1) is 0 Å². The Morgan fingerprint density at radius 2 is 1.96 bits per heavy atom. The summed E-state index contributed by atoms with van der Waals surface area (Å²) in [5, 5.41) is 36.0. The highest BCUT2D eigenvalue weighted by Gasteiger charge is 2.19. The maximum Gasteiger partial charge on any atom is 0.320 e. The lowest BCUT2D eigenvalue weighted by Gasteiger charge is -2.11. The zero-order valence-corrected chi connectivity index (χ0v) is 12.5. The fraction of sp³-hybridized carbons (Fsp3) is 0.462. The molecular formula is C13H18N4O6. The highest BCUT2D eigenvalue weighted by Crippen LogP contribution is 2.28. The molecule has 126 valence electrons.